The molecule has 1 unspecified atom stereocenters. The molecule has 1 saturated heterocycles. The van der Waals surface area contributed by atoms with E-state index in [1.165, 1.54) is 0 Å². The smallest absolute Gasteiger partial charge is 0.267 e. The van der Waals surface area contributed by atoms with Crippen LogP contribution < -0.4 is 10.0 Å². The molecule has 2 amide bonds. The first-order valence-electron chi connectivity index (χ1n) is 6.57. The standard InChI is InChI=1S/C11H16N4O4S2/c1-2-3-4-5-7-6-8(16)15(9(7)17)10-13-14-11(20-10)21(12,18)19/h7H,2-6H2,1H3,(H2,12,18,19). The highest BCUT2D eigenvalue weighted by Gasteiger charge is 2.41. The topological polar surface area (TPSA) is 123 Å². The van der Waals surface area contributed by atoms with Crippen molar-refractivity contribution in [2.45, 2.75) is 43.4 Å². The number of nitrogens with two attached hydrogens (primary N) is 1. The van der Waals surface area contributed by atoms with Gasteiger partial charge in [0.1, 0.15) is 0 Å². The zero-order valence-corrected chi connectivity index (χ0v) is 13.1. The number of amides is 2. The summed E-state index contributed by atoms with van der Waals surface area (Å²) in [5, 5.41) is 11.9. The maximum Gasteiger partial charge on any atom is 0.267 e. The van der Waals surface area contributed by atoms with Crippen LogP contribution in [0.3, 0.4) is 0 Å². The lowest BCUT2D eigenvalue weighted by Crippen LogP contribution is -2.30. The Morgan fingerprint density at radius 3 is 2.62 bits per heavy atom. The van der Waals surface area contributed by atoms with E-state index in [2.05, 4.69) is 17.1 Å². The predicted octanol–water partition coefficient (Wildman–Crippen LogP) is 0.645. The molecule has 2 heterocycles. The van der Waals surface area contributed by atoms with Crippen LogP contribution in [0.4, 0.5) is 5.13 Å². The molecule has 0 aliphatic carbocycles. The summed E-state index contributed by atoms with van der Waals surface area (Å²) in [7, 11) is -3.98. The monoisotopic (exact) mass is 332 g/mol. The van der Waals surface area contributed by atoms with Crippen LogP contribution in [0.5, 0.6) is 0 Å². The zero-order valence-electron chi connectivity index (χ0n) is 11.5. The van der Waals surface area contributed by atoms with Gasteiger partial charge in [0.25, 0.3) is 10.0 Å². The van der Waals surface area contributed by atoms with E-state index < -0.39 is 14.4 Å². The Kier molecular flexibility index (Phi) is 4.69. The van der Waals surface area contributed by atoms with Gasteiger partial charge in [0, 0.05) is 12.3 Å². The highest BCUT2D eigenvalue weighted by Crippen LogP contribution is 2.32. The van der Waals surface area contributed by atoms with Crippen LogP contribution >= 0.6 is 11.3 Å². The molecule has 1 aliphatic heterocycles. The number of primary sulfonamides is 1. The van der Waals surface area contributed by atoms with Gasteiger partial charge in [-0.2, -0.15) is 0 Å². The number of unbranched alkanes of at least 4 members (excludes halogenated alkanes) is 2. The summed E-state index contributed by atoms with van der Waals surface area (Å²) in [5.41, 5.74) is 0. The van der Waals surface area contributed by atoms with Crippen LogP contribution in [0, 0.1) is 5.92 Å². The van der Waals surface area contributed by atoms with Crippen molar-refractivity contribution in [1.82, 2.24) is 10.2 Å². The summed E-state index contributed by atoms with van der Waals surface area (Å²) in [4.78, 5) is 25.1. The van der Waals surface area contributed by atoms with Crippen LogP contribution in [0.25, 0.3) is 0 Å². The molecular weight excluding hydrogens is 316 g/mol. The number of rotatable bonds is 6. The summed E-state index contributed by atoms with van der Waals surface area (Å²) in [6, 6.07) is 0. The molecule has 0 bridgehead atoms. The molecule has 1 atom stereocenters. The molecule has 10 heteroatoms. The van der Waals surface area contributed by atoms with E-state index in [1.54, 1.807) is 0 Å². The van der Waals surface area contributed by atoms with Crippen molar-refractivity contribution in [2.24, 2.45) is 11.1 Å². The van der Waals surface area contributed by atoms with E-state index in [4.69, 9.17) is 5.14 Å². The maximum absolute atomic E-state index is 12.2. The fourth-order valence-corrected chi connectivity index (χ4v) is 3.62. The van der Waals surface area contributed by atoms with Gasteiger partial charge in [0.2, 0.25) is 21.3 Å². The first-order chi connectivity index (χ1) is 9.84. The molecular formula is C11H16N4O4S2. The van der Waals surface area contributed by atoms with Crippen LogP contribution in [0.2, 0.25) is 0 Å². The number of hydrogen-bond acceptors (Lipinski definition) is 7. The largest absolute Gasteiger partial charge is 0.274 e. The van der Waals surface area contributed by atoms with Crippen molar-refractivity contribution < 1.29 is 18.0 Å². The third-order valence-corrected chi connectivity index (χ3v) is 5.45. The number of sulfonamides is 1. The molecule has 1 aromatic rings. The summed E-state index contributed by atoms with van der Waals surface area (Å²) in [6.07, 6.45) is 3.70. The van der Waals surface area contributed by atoms with E-state index in [1.807, 2.05) is 0 Å². The SMILES string of the molecule is CCCCCC1CC(=O)N(c2nnc(S(N)(=O)=O)s2)C1=O. The van der Waals surface area contributed by atoms with Crippen LogP contribution in [0.1, 0.15) is 39.0 Å². The van der Waals surface area contributed by atoms with Gasteiger partial charge in [-0.25, -0.2) is 18.5 Å². The van der Waals surface area contributed by atoms with E-state index in [-0.39, 0.29) is 29.3 Å². The molecule has 0 saturated carbocycles. The fourth-order valence-electron chi connectivity index (χ4n) is 2.17. The van der Waals surface area contributed by atoms with Crippen molar-refractivity contribution >= 4 is 38.3 Å². The maximum atomic E-state index is 12.2. The second-order valence-corrected chi connectivity index (χ2v) is 7.55. The van der Waals surface area contributed by atoms with Crippen molar-refractivity contribution in [1.29, 1.82) is 0 Å². The molecule has 8 nitrogen and oxygen atoms in total. The second-order valence-electron chi connectivity index (χ2n) is 4.86. The Bertz CT molecular complexity index is 655. The lowest BCUT2D eigenvalue weighted by Gasteiger charge is -2.10. The molecule has 1 aromatic heterocycles. The number of carbonyl (C=O) groups excluding carboxylic acids is 2. The molecule has 0 spiro atoms. The Morgan fingerprint density at radius 1 is 1.33 bits per heavy atom. The van der Waals surface area contributed by atoms with E-state index in [0.29, 0.717) is 17.8 Å². The van der Waals surface area contributed by atoms with Gasteiger partial charge < -0.3 is 0 Å². The Labute approximate surface area is 126 Å². The summed E-state index contributed by atoms with van der Waals surface area (Å²) < 4.78 is 21.9. The average Bonchev–Trinajstić information content (AvgIpc) is 2.95. The molecule has 21 heavy (non-hydrogen) atoms. The Hall–Kier alpha value is -1.39. The van der Waals surface area contributed by atoms with Gasteiger partial charge in [-0.1, -0.05) is 37.5 Å². The summed E-state index contributed by atoms with van der Waals surface area (Å²) in [6.45, 7) is 2.06. The van der Waals surface area contributed by atoms with E-state index in [9.17, 15) is 18.0 Å². The van der Waals surface area contributed by atoms with E-state index in [0.717, 1.165) is 24.2 Å². The Morgan fingerprint density at radius 2 is 2.05 bits per heavy atom. The van der Waals surface area contributed by atoms with Crippen molar-refractivity contribution in [3.63, 3.8) is 0 Å². The van der Waals surface area contributed by atoms with Gasteiger partial charge >= 0.3 is 0 Å². The normalized spacial score (nSPS) is 19.5. The molecule has 116 valence electrons. The quantitative estimate of drug-likeness (QED) is 0.463. The lowest BCUT2D eigenvalue weighted by molar-refractivity contribution is -0.122. The number of anilines is 1. The van der Waals surface area contributed by atoms with Gasteiger partial charge in [0.15, 0.2) is 0 Å². The molecule has 1 aliphatic rings. The zero-order chi connectivity index (χ0) is 15.6. The minimum atomic E-state index is -3.98. The summed E-state index contributed by atoms with van der Waals surface area (Å²) >= 11 is 0.624. The van der Waals surface area contributed by atoms with Gasteiger partial charge in [0.05, 0.1) is 0 Å². The third-order valence-electron chi connectivity index (χ3n) is 3.23. The number of hydrogen-bond donors (Lipinski definition) is 1. The molecule has 0 aromatic carbocycles. The van der Waals surface area contributed by atoms with Crippen LogP contribution in [-0.2, 0) is 19.6 Å². The minimum absolute atomic E-state index is 0.0352. The minimum Gasteiger partial charge on any atom is -0.274 e. The average molecular weight is 332 g/mol. The predicted molar refractivity (Wildman–Crippen MR) is 76.0 cm³/mol. The van der Waals surface area contributed by atoms with Gasteiger partial charge in [-0.15, -0.1) is 10.2 Å². The molecule has 2 rings (SSSR count). The Balaban J connectivity index is 2.15. The van der Waals surface area contributed by atoms with Crippen molar-refractivity contribution in [2.75, 3.05) is 4.90 Å². The fraction of sp³-hybridized carbons (Fsp3) is 0.636. The number of aromatic nitrogens is 2. The van der Waals surface area contributed by atoms with Crippen LogP contribution in [-0.4, -0.2) is 30.4 Å². The summed E-state index contributed by atoms with van der Waals surface area (Å²) in [5.74, 6) is -1.07. The lowest BCUT2D eigenvalue weighted by atomic mass is 10.00. The van der Waals surface area contributed by atoms with Gasteiger partial charge in [-0.05, 0) is 6.42 Å². The van der Waals surface area contributed by atoms with Crippen LogP contribution in [0.15, 0.2) is 4.34 Å². The second kappa shape index (κ2) is 6.16. The third kappa shape index (κ3) is 3.44. The molecule has 2 N–H and O–H groups in total. The van der Waals surface area contributed by atoms with Gasteiger partial charge in [-0.3, -0.25) is 9.59 Å². The first kappa shape index (κ1) is 16.0. The van der Waals surface area contributed by atoms with Crippen molar-refractivity contribution in [3.8, 4) is 0 Å². The number of carbonyl (C=O) groups is 2. The highest BCUT2D eigenvalue weighted by atomic mass is 32.2. The molecule has 0 radical (unpaired) electrons. The number of nitrogens with zero attached hydrogens (tertiary/aromatic N) is 3. The number of imide groups is 1. The highest BCUT2D eigenvalue weighted by molar-refractivity contribution is 7.91. The van der Waals surface area contributed by atoms with Crippen molar-refractivity contribution in [3.05, 3.63) is 0 Å². The molecule has 1 fully saturated rings. The van der Waals surface area contributed by atoms with E-state index >= 15 is 0 Å². The first-order valence-corrected chi connectivity index (χ1v) is 8.94.